The van der Waals surface area contributed by atoms with E-state index in [-0.39, 0.29) is 17.4 Å². The van der Waals surface area contributed by atoms with Gasteiger partial charge >= 0.3 is 0 Å². The van der Waals surface area contributed by atoms with Gasteiger partial charge in [0, 0.05) is 15.4 Å². The van der Waals surface area contributed by atoms with E-state index in [4.69, 9.17) is 11.6 Å². The van der Waals surface area contributed by atoms with Crippen molar-refractivity contribution in [1.82, 2.24) is 0 Å². The van der Waals surface area contributed by atoms with E-state index in [1.54, 1.807) is 18.2 Å². The maximum atomic E-state index is 11.4. The summed E-state index contributed by atoms with van der Waals surface area (Å²) in [6.07, 6.45) is -0.289. The Morgan fingerprint density at radius 3 is 2.76 bits per heavy atom. The van der Waals surface area contributed by atoms with Gasteiger partial charge in [-0.3, -0.25) is 0 Å². The second kappa shape index (κ2) is 4.88. The zero-order chi connectivity index (χ0) is 12.6. The van der Waals surface area contributed by atoms with Crippen LogP contribution >= 0.6 is 27.5 Å². The first-order valence-corrected chi connectivity index (χ1v) is 8.22. The molecule has 2 rings (SSSR count). The van der Waals surface area contributed by atoms with Gasteiger partial charge < -0.3 is 5.11 Å². The summed E-state index contributed by atoms with van der Waals surface area (Å²) in [6.45, 7) is 0. The van der Waals surface area contributed by atoms with E-state index in [9.17, 15) is 13.5 Å². The van der Waals surface area contributed by atoms with Crippen molar-refractivity contribution in [1.29, 1.82) is 0 Å². The van der Waals surface area contributed by atoms with Crippen molar-refractivity contribution in [2.24, 2.45) is 5.92 Å². The third kappa shape index (κ3) is 3.02. The molecule has 1 aromatic rings. The minimum absolute atomic E-state index is 0.0487. The van der Waals surface area contributed by atoms with Crippen LogP contribution in [0, 0.1) is 5.92 Å². The second-order valence-corrected chi connectivity index (χ2v) is 7.79. The third-order valence-corrected chi connectivity index (χ3v) is 5.74. The maximum Gasteiger partial charge on any atom is 0.150 e. The fourth-order valence-electron chi connectivity index (χ4n) is 2.07. The molecule has 94 valence electrons. The highest BCUT2D eigenvalue weighted by molar-refractivity contribution is 9.10. The Hall–Kier alpha value is -0.100. The van der Waals surface area contributed by atoms with E-state index >= 15 is 0 Å². The highest BCUT2D eigenvalue weighted by Crippen LogP contribution is 2.35. The first-order valence-electron chi connectivity index (χ1n) is 5.22. The van der Waals surface area contributed by atoms with E-state index in [2.05, 4.69) is 15.9 Å². The Bertz CT molecular complexity index is 530. The SMILES string of the molecule is O=S1(=O)CCC(C(O)c2cc(Cl)ccc2Br)C1. The highest BCUT2D eigenvalue weighted by Gasteiger charge is 2.34. The molecular formula is C11H12BrClO3S. The van der Waals surface area contributed by atoms with Gasteiger partial charge in [-0.2, -0.15) is 0 Å². The van der Waals surface area contributed by atoms with Crippen LogP contribution in [0.1, 0.15) is 18.1 Å². The molecule has 0 amide bonds. The standard InChI is InChI=1S/C11H12BrClO3S/c12-10-2-1-8(13)5-9(10)11(14)7-3-4-17(15,16)6-7/h1-2,5,7,11,14H,3-4,6H2. The van der Waals surface area contributed by atoms with Crippen molar-refractivity contribution in [2.75, 3.05) is 11.5 Å². The van der Waals surface area contributed by atoms with E-state index in [1.807, 2.05) is 0 Å². The lowest BCUT2D eigenvalue weighted by atomic mass is 9.95. The zero-order valence-electron chi connectivity index (χ0n) is 8.94. The molecule has 1 fully saturated rings. The van der Waals surface area contributed by atoms with Crippen LogP contribution in [0.2, 0.25) is 5.02 Å². The molecule has 0 radical (unpaired) electrons. The Kier molecular flexibility index (Phi) is 3.83. The minimum Gasteiger partial charge on any atom is -0.388 e. The number of benzene rings is 1. The molecule has 3 nitrogen and oxygen atoms in total. The van der Waals surface area contributed by atoms with Gasteiger partial charge in [0.1, 0.15) is 0 Å². The van der Waals surface area contributed by atoms with Gasteiger partial charge in [-0.25, -0.2) is 8.42 Å². The van der Waals surface area contributed by atoms with Crippen molar-refractivity contribution in [2.45, 2.75) is 12.5 Å². The fraction of sp³-hybridized carbons (Fsp3) is 0.455. The molecule has 1 aromatic carbocycles. The number of aliphatic hydroxyl groups excluding tert-OH is 1. The third-order valence-electron chi connectivity index (χ3n) is 2.99. The summed E-state index contributed by atoms with van der Waals surface area (Å²) in [6, 6.07) is 5.14. The van der Waals surface area contributed by atoms with Crippen molar-refractivity contribution in [3.8, 4) is 0 Å². The minimum atomic E-state index is -2.98. The number of hydrogen-bond acceptors (Lipinski definition) is 3. The Morgan fingerprint density at radius 1 is 1.47 bits per heavy atom. The van der Waals surface area contributed by atoms with Gasteiger partial charge in [0.2, 0.25) is 0 Å². The molecule has 1 aliphatic heterocycles. The van der Waals surface area contributed by atoms with E-state index in [0.29, 0.717) is 17.0 Å². The molecule has 0 bridgehead atoms. The van der Waals surface area contributed by atoms with Crippen LogP contribution in [0.5, 0.6) is 0 Å². The fourth-order valence-corrected chi connectivity index (χ4v) is 4.56. The van der Waals surface area contributed by atoms with E-state index < -0.39 is 15.9 Å². The Balaban J connectivity index is 2.26. The maximum absolute atomic E-state index is 11.4. The molecule has 0 saturated carbocycles. The van der Waals surface area contributed by atoms with E-state index in [1.165, 1.54) is 0 Å². The molecule has 1 N–H and O–H groups in total. The molecule has 1 saturated heterocycles. The van der Waals surface area contributed by atoms with Gasteiger partial charge in [0.15, 0.2) is 9.84 Å². The predicted octanol–water partition coefficient (Wildman–Crippen LogP) is 2.57. The second-order valence-electron chi connectivity index (χ2n) is 4.27. The lowest BCUT2D eigenvalue weighted by molar-refractivity contribution is 0.120. The summed E-state index contributed by atoms with van der Waals surface area (Å²) in [7, 11) is -2.98. The van der Waals surface area contributed by atoms with Crippen LogP contribution in [0.3, 0.4) is 0 Å². The van der Waals surface area contributed by atoms with Gasteiger partial charge in [-0.1, -0.05) is 27.5 Å². The number of hydrogen-bond donors (Lipinski definition) is 1. The number of sulfone groups is 1. The normalized spacial score (nSPS) is 24.8. The average molecular weight is 340 g/mol. The topological polar surface area (TPSA) is 54.4 Å². The largest absolute Gasteiger partial charge is 0.388 e. The number of halogens is 2. The summed E-state index contributed by atoms with van der Waals surface area (Å²) < 4.78 is 23.5. The van der Waals surface area contributed by atoms with Crippen LogP contribution in [-0.4, -0.2) is 25.0 Å². The molecule has 17 heavy (non-hydrogen) atoms. The van der Waals surface area contributed by atoms with E-state index in [0.717, 1.165) is 4.47 Å². The Morgan fingerprint density at radius 2 is 2.18 bits per heavy atom. The van der Waals surface area contributed by atoms with Crippen molar-refractivity contribution in [3.05, 3.63) is 33.3 Å². The lowest BCUT2D eigenvalue weighted by Crippen LogP contribution is -2.14. The van der Waals surface area contributed by atoms with Gasteiger partial charge in [0.05, 0.1) is 17.6 Å². The smallest absolute Gasteiger partial charge is 0.150 e. The molecule has 0 aromatic heterocycles. The first kappa shape index (κ1) is 13.3. The molecule has 0 aliphatic carbocycles. The zero-order valence-corrected chi connectivity index (χ0v) is 12.1. The monoisotopic (exact) mass is 338 g/mol. The van der Waals surface area contributed by atoms with Crippen LogP contribution in [0.25, 0.3) is 0 Å². The van der Waals surface area contributed by atoms with Crippen molar-refractivity contribution in [3.63, 3.8) is 0 Å². The van der Waals surface area contributed by atoms with Crippen LogP contribution in [0.4, 0.5) is 0 Å². The highest BCUT2D eigenvalue weighted by atomic mass is 79.9. The summed E-state index contributed by atoms with van der Waals surface area (Å²) in [4.78, 5) is 0. The molecule has 0 spiro atoms. The van der Waals surface area contributed by atoms with Gasteiger partial charge in [-0.05, 0) is 30.2 Å². The summed E-state index contributed by atoms with van der Waals surface area (Å²) in [5.41, 5.74) is 0.652. The molecule has 2 unspecified atom stereocenters. The summed E-state index contributed by atoms with van der Waals surface area (Å²) in [5, 5.41) is 10.7. The van der Waals surface area contributed by atoms with Crippen molar-refractivity contribution < 1.29 is 13.5 Å². The van der Waals surface area contributed by atoms with Gasteiger partial charge in [-0.15, -0.1) is 0 Å². The molecule has 6 heteroatoms. The average Bonchev–Trinajstić information content (AvgIpc) is 2.61. The van der Waals surface area contributed by atoms with Crippen molar-refractivity contribution >= 4 is 37.4 Å². The molecule has 2 atom stereocenters. The molecular weight excluding hydrogens is 328 g/mol. The van der Waals surface area contributed by atoms with Gasteiger partial charge in [0.25, 0.3) is 0 Å². The van der Waals surface area contributed by atoms with Crippen LogP contribution in [-0.2, 0) is 9.84 Å². The predicted molar refractivity (Wildman–Crippen MR) is 70.9 cm³/mol. The first-order chi connectivity index (χ1) is 7.89. The number of aliphatic hydroxyl groups is 1. The summed E-state index contributed by atoms with van der Waals surface area (Å²) in [5.74, 6) is -0.0326. The Labute approximate surface area is 114 Å². The lowest BCUT2D eigenvalue weighted by Gasteiger charge is -2.18. The molecule has 1 heterocycles. The molecule has 1 aliphatic rings. The summed E-state index contributed by atoms with van der Waals surface area (Å²) >= 11 is 9.21. The number of rotatable bonds is 2. The van der Waals surface area contributed by atoms with Crippen LogP contribution < -0.4 is 0 Å². The van der Waals surface area contributed by atoms with Crippen LogP contribution in [0.15, 0.2) is 22.7 Å². The quantitative estimate of drug-likeness (QED) is 0.901.